The van der Waals surface area contributed by atoms with E-state index < -0.39 is 0 Å². The summed E-state index contributed by atoms with van der Waals surface area (Å²) in [5.41, 5.74) is 1.05. The lowest BCUT2D eigenvalue weighted by atomic mass is 10.2. The Morgan fingerprint density at radius 3 is 2.38 bits per heavy atom. The van der Waals surface area contributed by atoms with Crippen LogP contribution in [-0.4, -0.2) is 13.2 Å². The van der Waals surface area contributed by atoms with Gasteiger partial charge in [-0.3, -0.25) is 0 Å². The van der Waals surface area contributed by atoms with Gasteiger partial charge in [0.05, 0.1) is 13.2 Å². The lowest BCUT2D eigenvalue weighted by Crippen LogP contribution is -1.97. The first-order chi connectivity index (χ1) is 6.27. The third-order valence-corrected chi connectivity index (χ3v) is 3.72. The van der Waals surface area contributed by atoms with Crippen LogP contribution in [0.2, 0.25) is 0 Å². The summed E-state index contributed by atoms with van der Waals surface area (Å²) in [5, 5.41) is 0. The van der Waals surface area contributed by atoms with Crippen LogP contribution in [0, 0.1) is 0 Å². The monoisotopic (exact) mass is 306 g/mol. The second kappa shape index (κ2) is 4.09. The van der Waals surface area contributed by atoms with E-state index in [1.165, 1.54) is 0 Å². The van der Waals surface area contributed by atoms with Gasteiger partial charge in [-0.2, -0.15) is 0 Å². The maximum atomic E-state index is 5.38. The van der Waals surface area contributed by atoms with Crippen molar-refractivity contribution < 1.29 is 9.47 Å². The minimum absolute atomic E-state index is 0.190. The molecule has 1 aromatic rings. The van der Waals surface area contributed by atoms with E-state index in [-0.39, 0.29) is 6.29 Å². The maximum Gasteiger partial charge on any atom is 0.184 e. The highest BCUT2D eigenvalue weighted by atomic mass is 79.9. The van der Waals surface area contributed by atoms with Gasteiger partial charge in [0, 0.05) is 14.5 Å². The quantitative estimate of drug-likeness (QED) is 0.793. The standard InChI is InChI=1S/C9H8Br2O2/c10-7-2-1-6(5-8(7)11)9-12-3-4-13-9/h1-2,5,9H,3-4H2. The van der Waals surface area contributed by atoms with Crippen LogP contribution in [0.25, 0.3) is 0 Å². The van der Waals surface area contributed by atoms with E-state index in [4.69, 9.17) is 9.47 Å². The summed E-state index contributed by atoms with van der Waals surface area (Å²) in [6, 6.07) is 5.97. The number of ether oxygens (including phenoxy) is 2. The van der Waals surface area contributed by atoms with Crippen molar-refractivity contribution in [3.8, 4) is 0 Å². The van der Waals surface area contributed by atoms with E-state index in [1.54, 1.807) is 0 Å². The fourth-order valence-electron chi connectivity index (χ4n) is 1.21. The van der Waals surface area contributed by atoms with Gasteiger partial charge < -0.3 is 9.47 Å². The van der Waals surface area contributed by atoms with Crippen LogP contribution in [-0.2, 0) is 9.47 Å². The zero-order valence-electron chi connectivity index (χ0n) is 6.80. The molecule has 13 heavy (non-hydrogen) atoms. The molecule has 0 aliphatic carbocycles. The molecule has 0 spiro atoms. The van der Waals surface area contributed by atoms with Gasteiger partial charge in [-0.1, -0.05) is 6.07 Å². The molecule has 0 unspecified atom stereocenters. The van der Waals surface area contributed by atoms with E-state index in [0.717, 1.165) is 14.5 Å². The van der Waals surface area contributed by atoms with Gasteiger partial charge in [0.2, 0.25) is 0 Å². The average Bonchev–Trinajstić information content (AvgIpc) is 2.62. The van der Waals surface area contributed by atoms with E-state index in [2.05, 4.69) is 31.9 Å². The Morgan fingerprint density at radius 2 is 1.77 bits per heavy atom. The van der Waals surface area contributed by atoms with Crippen molar-refractivity contribution in [3.05, 3.63) is 32.7 Å². The lowest BCUT2D eigenvalue weighted by molar-refractivity contribution is -0.0441. The van der Waals surface area contributed by atoms with Crippen LogP contribution >= 0.6 is 31.9 Å². The minimum Gasteiger partial charge on any atom is -0.346 e. The minimum atomic E-state index is -0.190. The Hall–Kier alpha value is 0.1000. The van der Waals surface area contributed by atoms with Crippen LogP contribution in [0.1, 0.15) is 11.9 Å². The first kappa shape index (κ1) is 9.65. The van der Waals surface area contributed by atoms with Crippen LogP contribution in [0.5, 0.6) is 0 Å². The molecule has 1 aliphatic rings. The SMILES string of the molecule is Brc1ccc(C2OCCO2)cc1Br. The zero-order valence-corrected chi connectivity index (χ0v) is 9.97. The third kappa shape index (κ3) is 2.13. The van der Waals surface area contributed by atoms with E-state index in [1.807, 2.05) is 18.2 Å². The second-order valence-corrected chi connectivity index (χ2v) is 4.46. The lowest BCUT2D eigenvalue weighted by Gasteiger charge is -2.09. The topological polar surface area (TPSA) is 18.5 Å². The van der Waals surface area contributed by atoms with Gasteiger partial charge in [0.25, 0.3) is 0 Å². The van der Waals surface area contributed by atoms with E-state index in [0.29, 0.717) is 13.2 Å². The molecule has 2 rings (SSSR count). The van der Waals surface area contributed by atoms with Crippen LogP contribution < -0.4 is 0 Å². The molecular weight excluding hydrogens is 300 g/mol. The van der Waals surface area contributed by atoms with Crippen molar-refractivity contribution in [1.82, 2.24) is 0 Å². The molecular formula is C9H8Br2O2. The van der Waals surface area contributed by atoms with Crippen LogP contribution in [0.15, 0.2) is 27.1 Å². The van der Waals surface area contributed by atoms with Crippen molar-refractivity contribution in [1.29, 1.82) is 0 Å². The largest absolute Gasteiger partial charge is 0.346 e. The second-order valence-electron chi connectivity index (χ2n) is 2.75. The number of halogens is 2. The molecule has 0 radical (unpaired) electrons. The van der Waals surface area contributed by atoms with Gasteiger partial charge in [0.1, 0.15) is 0 Å². The molecule has 1 aromatic carbocycles. The predicted molar refractivity (Wildman–Crippen MR) is 56.5 cm³/mol. The number of rotatable bonds is 1. The Bertz CT molecular complexity index is 308. The van der Waals surface area contributed by atoms with Crippen LogP contribution in [0.4, 0.5) is 0 Å². The molecule has 70 valence electrons. The molecule has 0 atom stereocenters. The van der Waals surface area contributed by atoms with Crippen LogP contribution in [0.3, 0.4) is 0 Å². The molecule has 0 bridgehead atoms. The molecule has 0 amide bonds. The zero-order chi connectivity index (χ0) is 9.26. The number of hydrogen-bond acceptors (Lipinski definition) is 2. The molecule has 1 aliphatic heterocycles. The van der Waals surface area contributed by atoms with Crippen molar-refractivity contribution in [2.75, 3.05) is 13.2 Å². The highest BCUT2D eigenvalue weighted by Gasteiger charge is 2.18. The summed E-state index contributed by atoms with van der Waals surface area (Å²) < 4.78 is 12.8. The Labute approximate surface area is 93.5 Å². The predicted octanol–water partition coefficient (Wildman–Crippen LogP) is 3.26. The summed E-state index contributed by atoms with van der Waals surface area (Å²) in [7, 11) is 0. The molecule has 1 saturated heterocycles. The average molecular weight is 308 g/mol. The molecule has 2 nitrogen and oxygen atoms in total. The van der Waals surface area contributed by atoms with E-state index >= 15 is 0 Å². The third-order valence-electron chi connectivity index (χ3n) is 1.84. The van der Waals surface area contributed by atoms with Crippen molar-refractivity contribution in [3.63, 3.8) is 0 Å². The first-order valence-corrected chi connectivity index (χ1v) is 5.54. The van der Waals surface area contributed by atoms with Gasteiger partial charge >= 0.3 is 0 Å². The first-order valence-electron chi connectivity index (χ1n) is 3.95. The van der Waals surface area contributed by atoms with Crippen molar-refractivity contribution in [2.24, 2.45) is 0 Å². The summed E-state index contributed by atoms with van der Waals surface area (Å²) >= 11 is 6.84. The normalized spacial score (nSPS) is 18.0. The molecule has 1 heterocycles. The van der Waals surface area contributed by atoms with Gasteiger partial charge in [-0.05, 0) is 44.0 Å². The van der Waals surface area contributed by atoms with Gasteiger partial charge in [-0.15, -0.1) is 0 Å². The Kier molecular flexibility index (Phi) is 3.03. The molecule has 4 heteroatoms. The molecule has 0 saturated carbocycles. The number of hydrogen-bond donors (Lipinski definition) is 0. The summed E-state index contributed by atoms with van der Waals surface area (Å²) in [6.45, 7) is 1.36. The highest BCUT2D eigenvalue weighted by Crippen LogP contribution is 2.29. The van der Waals surface area contributed by atoms with Crippen molar-refractivity contribution >= 4 is 31.9 Å². The fraction of sp³-hybridized carbons (Fsp3) is 0.333. The molecule has 1 fully saturated rings. The van der Waals surface area contributed by atoms with Gasteiger partial charge in [-0.25, -0.2) is 0 Å². The summed E-state index contributed by atoms with van der Waals surface area (Å²) in [6.07, 6.45) is -0.190. The highest BCUT2D eigenvalue weighted by molar-refractivity contribution is 9.13. The smallest absolute Gasteiger partial charge is 0.184 e. The maximum absolute atomic E-state index is 5.38. The summed E-state index contributed by atoms with van der Waals surface area (Å²) in [5.74, 6) is 0. The molecule has 0 aromatic heterocycles. The number of benzene rings is 1. The molecule has 0 N–H and O–H groups in total. The Morgan fingerprint density at radius 1 is 1.08 bits per heavy atom. The van der Waals surface area contributed by atoms with Crippen molar-refractivity contribution in [2.45, 2.75) is 6.29 Å². The summed E-state index contributed by atoms with van der Waals surface area (Å²) in [4.78, 5) is 0. The fourth-order valence-corrected chi connectivity index (χ4v) is 1.85. The van der Waals surface area contributed by atoms with Gasteiger partial charge in [0.15, 0.2) is 6.29 Å². The Balaban J connectivity index is 2.25. The van der Waals surface area contributed by atoms with E-state index in [9.17, 15) is 0 Å².